The van der Waals surface area contributed by atoms with Gasteiger partial charge in [-0.2, -0.15) is 0 Å². The highest BCUT2D eigenvalue weighted by Gasteiger charge is 2.20. The molecule has 7 heteroatoms. The molecule has 1 aromatic heterocycles. The van der Waals surface area contributed by atoms with Crippen LogP contribution in [0.25, 0.3) is 0 Å². The fourth-order valence-corrected chi connectivity index (χ4v) is 3.92. The average molecular weight is 431 g/mol. The molecule has 0 unspecified atom stereocenters. The number of likely N-dealkylation sites (tertiary alicyclic amines) is 1. The van der Waals surface area contributed by atoms with E-state index in [4.69, 9.17) is 16.6 Å². The van der Waals surface area contributed by atoms with Gasteiger partial charge in [0, 0.05) is 56.2 Å². The van der Waals surface area contributed by atoms with E-state index in [-0.39, 0.29) is 0 Å². The zero-order valence-electron chi connectivity index (χ0n) is 18.4. The van der Waals surface area contributed by atoms with Crippen molar-refractivity contribution in [1.82, 2.24) is 25.1 Å². The van der Waals surface area contributed by atoms with Crippen LogP contribution in [0.2, 0.25) is 5.02 Å². The molecule has 2 aromatic rings. The lowest BCUT2D eigenvalue weighted by molar-refractivity contribution is 0.198. The van der Waals surface area contributed by atoms with Crippen LogP contribution in [-0.2, 0) is 19.6 Å². The highest BCUT2D eigenvalue weighted by molar-refractivity contribution is 6.30. The SMILES string of the molecule is CCNC(=NCc1nccn1CC(C)C)NC1CCN(Cc2ccc(Cl)cc2)CC1. The molecule has 1 aromatic carbocycles. The van der Waals surface area contributed by atoms with E-state index in [1.165, 1.54) is 5.56 Å². The number of benzene rings is 1. The fourth-order valence-electron chi connectivity index (χ4n) is 3.80. The summed E-state index contributed by atoms with van der Waals surface area (Å²) < 4.78 is 2.20. The summed E-state index contributed by atoms with van der Waals surface area (Å²) in [4.78, 5) is 11.8. The van der Waals surface area contributed by atoms with E-state index in [9.17, 15) is 0 Å². The first-order valence-electron chi connectivity index (χ1n) is 11.0. The maximum Gasteiger partial charge on any atom is 0.191 e. The van der Waals surface area contributed by atoms with Crippen LogP contribution >= 0.6 is 11.6 Å². The predicted molar refractivity (Wildman–Crippen MR) is 125 cm³/mol. The van der Waals surface area contributed by atoms with Gasteiger partial charge in [-0.1, -0.05) is 37.6 Å². The molecule has 0 spiro atoms. The first-order chi connectivity index (χ1) is 14.5. The lowest BCUT2D eigenvalue weighted by Crippen LogP contribution is -2.48. The first kappa shape index (κ1) is 22.6. The van der Waals surface area contributed by atoms with Crippen molar-refractivity contribution in [3.05, 3.63) is 53.1 Å². The van der Waals surface area contributed by atoms with Crippen molar-refractivity contribution < 1.29 is 0 Å². The van der Waals surface area contributed by atoms with Crippen molar-refractivity contribution >= 4 is 17.6 Å². The normalized spacial score (nSPS) is 16.2. The Morgan fingerprint density at radius 2 is 1.97 bits per heavy atom. The predicted octanol–water partition coefficient (Wildman–Crippen LogP) is 3.91. The van der Waals surface area contributed by atoms with E-state index in [0.717, 1.165) is 62.4 Å². The second-order valence-corrected chi connectivity index (χ2v) is 8.84. The van der Waals surface area contributed by atoms with Crippen LogP contribution in [0.4, 0.5) is 0 Å². The molecule has 1 fully saturated rings. The van der Waals surface area contributed by atoms with E-state index in [1.54, 1.807) is 0 Å². The minimum absolute atomic E-state index is 0.444. The Bertz CT molecular complexity index is 790. The Balaban J connectivity index is 1.50. The van der Waals surface area contributed by atoms with Crippen LogP contribution in [0, 0.1) is 5.92 Å². The highest BCUT2D eigenvalue weighted by Crippen LogP contribution is 2.16. The van der Waals surface area contributed by atoms with Crippen LogP contribution in [0.5, 0.6) is 0 Å². The molecule has 0 aliphatic carbocycles. The summed E-state index contributed by atoms with van der Waals surface area (Å²) >= 11 is 5.99. The van der Waals surface area contributed by atoms with Gasteiger partial charge in [0.15, 0.2) is 5.96 Å². The number of nitrogens with zero attached hydrogens (tertiary/aromatic N) is 4. The van der Waals surface area contributed by atoms with Crippen molar-refractivity contribution in [3.8, 4) is 0 Å². The Morgan fingerprint density at radius 3 is 2.63 bits per heavy atom. The number of imidazole rings is 1. The molecule has 0 bridgehead atoms. The van der Waals surface area contributed by atoms with E-state index in [1.807, 2.05) is 24.5 Å². The molecule has 164 valence electrons. The van der Waals surface area contributed by atoms with E-state index in [2.05, 4.69) is 58.0 Å². The topological polar surface area (TPSA) is 57.5 Å². The minimum atomic E-state index is 0.444. The second kappa shape index (κ2) is 11.4. The minimum Gasteiger partial charge on any atom is -0.357 e. The van der Waals surface area contributed by atoms with Gasteiger partial charge >= 0.3 is 0 Å². The summed E-state index contributed by atoms with van der Waals surface area (Å²) in [5.74, 6) is 2.48. The Labute approximate surface area is 185 Å². The van der Waals surface area contributed by atoms with Crippen LogP contribution in [-0.4, -0.2) is 46.1 Å². The van der Waals surface area contributed by atoms with Gasteiger partial charge in [-0.15, -0.1) is 0 Å². The average Bonchev–Trinajstić information content (AvgIpc) is 3.16. The highest BCUT2D eigenvalue weighted by atomic mass is 35.5. The largest absolute Gasteiger partial charge is 0.357 e. The van der Waals surface area contributed by atoms with Crippen molar-refractivity contribution in [2.75, 3.05) is 19.6 Å². The molecule has 0 saturated carbocycles. The summed E-state index contributed by atoms with van der Waals surface area (Å²) in [5, 5.41) is 7.81. The van der Waals surface area contributed by atoms with Crippen LogP contribution in [0.15, 0.2) is 41.7 Å². The van der Waals surface area contributed by atoms with Gasteiger partial charge < -0.3 is 15.2 Å². The number of hydrogen-bond acceptors (Lipinski definition) is 3. The molecule has 0 radical (unpaired) electrons. The van der Waals surface area contributed by atoms with Crippen LogP contribution in [0.3, 0.4) is 0 Å². The Kier molecular flexibility index (Phi) is 8.58. The summed E-state index contributed by atoms with van der Waals surface area (Å²) in [7, 11) is 0. The van der Waals surface area contributed by atoms with Gasteiger partial charge in [0.25, 0.3) is 0 Å². The molecule has 2 N–H and O–H groups in total. The summed E-state index contributed by atoms with van der Waals surface area (Å²) in [6.45, 7) is 12.1. The van der Waals surface area contributed by atoms with Crippen molar-refractivity contribution in [2.45, 2.75) is 59.3 Å². The number of aromatic nitrogens is 2. The monoisotopic (exact) mass is 430 g/mol. The summed E-state index contributed by atoms with van der Waals surface area (Å²) in [5.41, 5.74) is 1.32. The molecular formula is C23H35ClN6. The summed E-state index contributed by atoms with van der Waals surface area (Å²) in [6.07, 6.45) is 6.13. The molecule has 0 amide bonds. The zero-order valence-corrected chi connectivity index (χ0v) is 19.2. The van der Waals surface area contributed by atoms with Gasteiger partial charge in [-0.25, -0.2) is 9.98 Å². The second-order valence-electron chi connectivity index (χ2n) is 8.41. The smallest absolute Gasteiger partial charge is 0.191 e. The van der Waals surface area contributed by atoms with Gasteiger partial charge in [-0.05, 0) is 43.4 Å². The molecule has 1 aliphatic rings. The Morgan fingerprint density at radius 1 is 1.23 bits per heavy atom. The number of rotatable bonds is 8. The van der Waals surface area contributed by atoms with E-state index < -0.39 is 0 Å². The number of hydrogen-bond donors (Lipinski definition) is 2. The number of nitrogens with one attached hydrogen (secondary N) is 2. The number of piperidine rings is 1. The molecule has 1 aliphatic heterocycles. The molecular weight excluding hydrogens is 396 g/mol. The molecule has 0 atom stereocenters. The van der Waals surface area contributed by atoms with Gasteiger partial charge in [0.2, 0.25) is 0 Å². The summed E-state index contributed by atoms with van der Waals surface area (Å²) in [6, 6.07) is 8.62. The van der Waals surface area contributed by atoms with Crippen molar-refractivity contribution in [1.29, 1.82) is 0 Å². The van der Waals surface area contributed by atoms with Gasteiger partial charge in [0.05, 0.1) is 0 Å². The number of aliphatic imine (C=N–C) groups is 1. The van der Waals surface area contributed by atoms with Gasteiger partial charge in [-0.3, -0.25) is 4.90 Å². The maximum atomic E-state index is 5.99. The van der Waals surface area contributed by atoms with E-state index in [0.29, 0.717) is 18.5 Å². The third-order valence-electron chi connectivity index (χ3n) is 5.33. The third-order valence-corrected chi connectivity index (χ3v) is 5.59. The quantitative estimate of drug-likeness (QED) is 0.492. The standard InChI is InChI=1S/C23H35ClN6/c1-4-25-23(27-15-22-26-11-14-30(22)16-18(2)3)28-21-9-12-29(13-10-21)17-19-5-7-20(24)8-6-19/h5-8,11,14,18,21H,4,9-10,12-13,15-17H2,1-3H3,(H2,25,27,28). The van der Waals surface area contributed by atoms with E-state index >= 15 is 0 Å². The molecule has 30 heavy (non-hydrogen) atoms. The number of halogens is 1. The van der Waals surface area contributed by atoms with Crippen molar-refractivity contribution in [2.24, 2.45) is 10.9 Å². The lowest BCUT2D eigenvalue weighted by Gasteiger charge is -2.33. The van der Waals surface area contributed by atoms with Crippen LogP contribution < -0.4 is 10.6 Å². The molecule has 2 heterocycles. The fraction of sp³-hybridized carbons (Fsp3) is 0.565. The van der Waals surface area contributed by atoms with Crippen LogP contribution in [0.1, 0.15) is 45.0 Å². The maximum absolute atomic E-state index is 5.99. The lowest BCUT2D eigenvalue weighted by atomic mass is 10.0. The molecule has 3 rings (SSSR count). The number of guanidine groups is 1. The van der Waals surface area contributed by atoms with Gasteiger partial charge in [0.1, 0.15) is 12.4 Å². The Hall–Kier alpha value is -2.05. The molecule has 6 nitrogen and oxygen atoms in total. The van der Waals surface area contributed by atoms with Crippen molar-refractivity contribution in [3.63, 3.8) is 0 Å². The first-order valence-corrected chi connectivity index (χ1v) is 11.4. The zero-order chi connectivity index (χ0) is 21.3. The third kappa shape index (κ3) is 7.03. The molecule has 1 saturated heterocycles.